The maximum atomic E-state index is 11.3. The maximum absolute atomic E-state index is 11.3. The summed E-state index contributed by atoms with van der Waals surface area (Å²) in [5, 5.41) is 11.5. The molecule has 0 fully saturated rings. The number of aromatic nitrogens is 1. The van der Waals surface area contributed by atoms with Crippen molar-refractivity contribution in [3.8, 4) is 0 Å². The zero-order valence-electron chi connectivity index (χ0n) is 9.80. The molecule has 92 valence electrons. The Kier molecular flexibility index (Phi) is 4.45. The number of rotatable bonds is 5. The molecular weight excluding hydrogens is 222 g/mol. The third kappa shape index (κ3) is 3.17. The summed E-state index contributed by atoms with van der Waals surface area (Å²) in [6, 6.07) is 1.59. The van der Waals surface area contributed by atoms with Gasteiger partial charge in [0.1, 0.15) is 5.56 Å². The van der Waals surface area contributed by atoms with E-state index in [0.29, 0.717) is 12.2 Å². The fourth-order valence-corrected chi connectivity index (χ4v) is 1.45. The first-order chi connectivity index (χ1) is 8.10. The van der Waals surface area contributed by atoms with Crippen LogP contribution in [0.15, 0.2) is 18.5 Å². The molecule has 2 N–H and O–H groups in total. The molecule has 0 radical (unpaired) electrons. The second-order valence-corrected chi connectivity index (χ2v) is 3.39. The summed E-state index contributed by atoms with van der Waals surface area (Å²) in [5.74, 6) is -1.22. The molecular formula is C11H15N3O3. The van der Waals surface area contributed by atoms with Crippen molar-refractivity contribution in [2.75, 3.05) is 25.0 Å². The van der Waals surface area contributed by atoms with Gasteiger partial charge >= 0.3 is 5.97 Å². The number of carboxylic acid groups (broad SMARTS) is 1. The van der Waals surface area contributed by atoms with Crippen LogP contribution in [0.4, 0.5) is 5.69 Å². The minimum atomic E-state index is -1.05. The molecule has 0 aliphatic carbocycles. The summed E-state index contributed by atoms with van der Waals surface area (Å²) in [6.45, 7) is 2.52. The van der Waals surface area contributed by atoms with Gasteiger partial charge in [-0.3, -0.25) is 9.78 Å². The van der Waals surface area contributed by atoms with Gasteiger partial charge in [-0.1, -0.05) is 0 Å². The normalized spacial score (nSPS) is 9.76. The number of anilines is 1. The van der Waals surface area contributed by atoms with E-state index in [-0.39, 0.29) is 18.0 Å². The highest BCUT2D eigenvalue weighted by atomic mass is 16.4. The molecule has 1 amide bonds. The number of aromatic carboxylic acids is 1. The molecule has 0 aliphatic rings. The first-order valence-corrected chi connectivity index (χ1v) is 5.23. The zero-order valence-corrected chi connectivity index (χ0v) is 9.80. The van der Waals surface area contributed by atoms with Crippen LogP contribution >= 0.6 is 0 Å². The number of hydrogen-bond acceptors (Lipinski definition) is 4. The number of amides is 1. The van der Waals surface area contributed by atoms with E-state index in [9.17, 15) is 9.59 Å². The Morgan fingerprint density at radius 3 is 2.76 bits per heavy atom. The molecule has 0 bridgehead atoms. The van der Waals surface area contributed by atoms with Gasteiger partial charge in [0.05, 0.1) is 12.2 Å². The molecule has 0 spiro atoms. The summed E-state index contributed by atoms with van der Waals surface area (Å²) < 4.78 is 0. The van der Waals surface area contributed by atoms with Crippen LogP contribution in [0.2, 0.25) is 0 Å². The van der Waals surface area contributed by atoms with E-state index in [1.54, 1.807) is 18.0 Å². The van der Waals surface area contributed by atoms with Crippen molar-refractivity contribution in [2.45, 2.75) is 6.92 Å². The van der Waals surface area contributed by atoms with Crippen molar-refractivity contribution >= 4 is 17.6 Å². The van der Waals surface area contributed by atoms with Gasteiger partial charge in [-0.2, -0.15) is 0 Å². The number of likely N-dealkylation sites (N-methyl/N-ethyl adjacent to an activating group) is 2. The van der Waals surface area contributed by atoms with E-state index in [1.165, 1.54) is 12.4 Å². The Hall–Kier alpha value is -2.11. The van der Waals surface area contributed by atoms with E-state index in [2.05, 4.69) is 10.3 Å². The number of hydrogen-bond donors (Lipinski definition) is 2. The number of carbonyl (C=O) groups is 2. The number of carboxylic acids is 1. The second-order valence-electron chi connectivity index (χ2n) is 3.39. The Balaban J connectivity index is 3.03. The van der Waals surface area contributed by atoms with Crippen LogP contribution in [0.5, 0.6) is 0 Å². The summed E-state index contributed by atoms with van der Waals surface area (Å²) >= 11 is 0. The molecule has 17 heavy (non-hydrogen) atoms. The van der Waals surface area contributed by atoms with Gasteiger partial charge < -0.3 is 15.3 Å². The van der Waals surface area contributed by atoms with E-state index in [4.69, 9.17) is 5.11 Å². The molecule has 1 aromatic heterocycles. The largest absolute Gasteiger partial charge is 0.478 e. The fourth-order valence-electron chi connectivity index (χ4n) is 1.45. The number of carbonyl (C=O) groups excluding carboxylic acids is 1. The molecule has 0 atom stereocenters. The van der Waals surface area contributed by atoms with Gasteiger partial charge in [-0.05, 0) is 13.0 Å². The minimum Gasteiger partial charge on any atom is -0.478 e. The van der Waals surface area contributed by atoms with Crippen LogP contribution in [0, 0.1) is 0 Å². The summed E-state index contributed by atoms with van der Waals surface area (Å²) in [6.07, 6.45) is 2.79. The highest BCUT2D eigenvalue weighted by Gasteiger charge is 2.16. The molecule has 1 aromatic rings. The average molecular weight is 237 g/mol. The zero-order chi connectivity index (χ0) is 12.8. The summed E-state index contributed by atoms with van der Waals surface area (Å²) in [7, 11) is 1.54. The van der Waals surface area contributed by atoms with Gasteiger partial charge in [-0.25, -0.2) is 4.79 Å². The molecule has 0 aliphatic heterocycles. The molecule has 0 aromatic carbocycles. The van der Waals surface area contributed by atoms with E-state index in [1.807, 2.05) is 6.92 Å². The van der Waals surface area contributed by atoms with Crippen LogP contribution in [-0.2, 0) is 4.79 Å². The Morgan fingerprint density at radius 2 is 2.24 bits per heavy atom. The molecule has 6 nitrogen and oxygen atoms in total. The Bertz CT molecular complexity index is 420. The second kappa shape index (κ2) is 5.83. The van der Waals surface area contributed by atoms with Gasteiger partial charge in [0.15, 0.2) is 0 Å². The smallest absolute Gasteiger partial charge is 0.339 e. The predicted octanol–water partition coefficient (Wildman–Crippen LogP) is 0.352. The van der Waals surface area contributed by atoms with Crippen molar-refractivity contribution in [1.29, 1.82) is 0 Å². The summed E-state index contributed by atoms with van der Waals surface area (Å²) in [4.78, 5) is 27.8. The molecule has 0 saturated heterocycles. The van der Waals surface area contributed by atoms with Crippen molar-refractivity contribution in [3.05, 3.63) is 24.0 Å². The van der Waals surface area contributed by atoms with Crippen LogP contribution in [0.25, 0.3) is 0 Å². The molecule has 0 unspecified atom stereocenters. The van der Waals surface area contributed by atoms with Crippen LogP contribution in [-0.4, -0.2) is 42.1 Å². The number of nitrogens with one attached hydrogen (secondary N) is 1. The molecule has 6 heteroatoms. The first kappa shape index (κ1) is 13.0. The lowest BCUT2D eigenvalue weighted by Crippen LogP contribution is -2.36. The van der Waals surface area contributed by atoms with E-state index >= 15 is 0 Å². The monoisotopic (exact) mass is 237 g/mol. The molecule has 1 heterocycles. The van der Waals surface area contributed by atoms with Gasteiger partial charge in [-0.15, -0.1) is 0 Å². The molecule has 0 saturated carbocycles. The van der Waals surface area contributed by atoms with Gasteiger partial charge in [0.2, 0.25) is 5.91 Å². The van der Waals surface area contributed by atoms with E-state index in [0.717, 1.165) is 0 Å². The highest BCUT2D eigenvalue weighted by Crippen LogP contribution is 2.18. The SMILES string of the molecule is CCN(CC(=O)NC)c1ccncc1C(=O)O. The lowest BCUT2D eigenvalue weighted by molar-refractivity contribution is -0.119. The van der Waals surface area contributed by atoms with Crippen molar-refractivity contribution in [2.24, 2.45) is 0 Å². The van der Waals surface area contributed by atoms with Crippen molar-refractivity contribution in [3.63, 3.8) is 0 Å². The summed E-state index contributed by atoms with van der Waals surface area (Å²) in [5.41, 5.74) is 0.594. The first-order valence-electron chi connectivity index (χ1n) is 5.23. The molecule has 1 rings (SSSR count). The fraction of sp³-hybridized carbons (Fsp3) is 0.364. The topological polar surface area (TPSA) is 82.5 Å². The minimum absolute atomic E-state index is 0.0956. The maximum Gasteiger partial charge on any atom is 0.339 e. The van der Waals surface area contributed by atoms with Crippen LogP contribution in [0.1, 0.15) is 17.3 Å². The Morgan fingerprint density at radius 1 is 1.53 bits per heavy atom. The quantitative estimate of drug-likeness (QED) is 0.772. The third-order valence-electron chi connectivity index (χ3n) is 2.36. The van der Waals surface area contributed by atoms with E-state index < -0.39 is 5.97 Å². The van der Waals surface area contributed by atoms with Crippen LogP contribution in [0.3, 0.4) is 0 Å². The lowest BCUT2D eigenvalue weighted by atomic mass is 10.2. The predicted molar refractivity (Wildman–Crippen MR) is 63.2 cm³/mol. The van der Waals surface area contributed by atoms with Crippen molar-refractivity contribution < 1.29 is 14.7 Å². The Labute approximate surface area is 99.3 Å². The standard InChI is InChI=1S/C11H15N3O3/c1-3-14(7-10(15)12-2)9-4-5-13-6-8(9)11(16)17/h4-6H,3,7H2,1-2H3,(H,12,15)(H,16,17). The number of nitrogens with zero attached hydrogens (tertiary/aromatic N) is 2. The third-order valence-corrected chi connectivity index (χ3v) is 2.36. The van der Waals surface area contributed by atoms with Crippen LogP contribution < -0.4 is 10.2 Å². The highest BCUT2D eigenvalue weighted by molar-refractivity contribution is 5.95. The average Bonchev–Trinajstić information content (AvgIpc) is 2.35. The van der Waals surface area contributed by atoms with Gasteiger partial charge in [0.25, 0.3) is 0 Å². The van der Waals surface area contributed by atoms with Gasteiger partial charge in [0, 0.05) is 26.0 Å². The van der Waals surface area contributed by atoms with Crippen molar-refractivity contribution in [1.82, 2.24) is 10.3 Å². The lowest BCUT2D eigenvalue weighted by Gasteiger charge is -2.23. The number of pyridine rings is 1.